The lowest BCUT2D eigenvalue weighted by Gasteiger charge is -2.33. The van der Waals surface area contributed by atoms with E-state index < -0.39 is 0 Å². The lowest BCUT2D eigenvalue weighted by molar-refractivity contribution is 0.258. The Hall–Kier alpha value is -3.78. The van der Waals surface area contributed by atoms with E-state index in [-0.39, 0.29) is 0 Å². The van der Waals surface area contributed by atoms with Gasteiger partial charge in [-0.3, -0.25) is 0 Å². The molecule has 3 unspecified atom stereocenters. The summed E-state index contributed by atoms with van der Waals surface area (Å²) >= 11 is 0. The standard InChI is InChI=1S/C38H38N2/c1-3-10-27(11-4-1)33-16-9-17-35(25-33)37-26-36(30-13-5-2-6-14-30)39-38(40-37)31-21-18-29(19-22-31)34-23-20-28-12-7-8-15-32(28)24-34/h1-6,10,13-14,18-24,26-27,33,35H,7-9,11-12,15-17,25H2. The molecule has 0 bridgehead atoms. The Bertz CT molecular complexity index is 1530. The Labute approximate surface area is 238 Å². The first-order valence-corrected chi connectivity index (χ1v) is 15.3. The van der Waals surface area contributed by atoms with Crippen molar-refractivity contribution in [2.24, 2.45) is 11.8 Å². The van der Waals surface area contributed by atoms with Gasteiger partial charge in [0, 0.05) is 22.7 Å². The van der Waals surface area contributed by atoms with Crippen LogP contribution in [-0.2, 0) is 12.8 Å². The van der Waals surface area contributed by atoms with Gasteiger partial charge in [-0.1, -0.05) is 104 Å². The fourth-order valence-electron chi connectivity index (χ4n) is 7.12. The van der Waals surface area contributed by atoms with Gasteiger partial charge in [-0.15, -0.1) is 0 Å². The normalized spacial score (nSPS) is 22.1. The smallest absolute Gasteiger partial charge is 0.160 e. The Balaban J connectivity index is 1.21. The van der Waals surface area contributed by atoms with Crippen molar-refractivity contribution < 1.29 is 0 Å². The maximum atomic E-state index is 5.25. The maximum absolute atomic E-state index is 5.25. The Morgan fingerprint density at radius 2 is 1.43 bits per heavy atom. The first kappa shape index (κ1) is 25.2. The van der Waals surface area contributed by atoms with E-state index in [9.17, 15) is 0 Å². The van der Waals surface area contributed by atoms with E-state index in [4.69, 9.17) is 9.97 Å². The van der Waals surface area contributed by atoms with Crippen LogP contribution in [0, 0.1) is 11.8 Å². The van der Waals surface area contributed by atoms with Crippen molar-refractivity contribution >= 4 is 0 Å². The molecule has 7 rings (SSSR count). The largest absolute Gasteiger partial charge is 0.233 e. The molecule has 0 aliphatic heterocycles. The van der Waals surface area contributed by atoms with Gasteiger partial charge in [0.1, 0.15) is 0 Å². The summed E-state index contributed by atoms with van der Waals surface area (Å²) in [7, 11) is 0. The van der Waals surface area contributed by atoms with Crippen molar-refractivity contribution in [3.05, 3.63) is 120 Å². The van der Waals surface area contributed by atoms with Crippen LogP contribution in [0.3, 0.4) is 0 Å². The predicted molar refractivity (Wildman–Crippen MR) is 166 cm³/mol. The first-order chi connectivity index (χ1) is 19.8. The van der Waals surface area contributed by atoms with Crippen LogP contribution in [0.15, 0.2) is 103 Å². The summed E-state index contributed by atoms with van der Waals surface area (Å²) in [4.78, 5) is 10.4. The van der Waals surface area contributed by atoms with Crippen LogP contribution < -0.4 is 0 Å². The third kappa shape index (κ3) is 5.32. The summed E-state index contributed by atoms with van der Waals surface area (Å²) in [6.07, 6.45) is 20.5. The lowest BCUT2D eigenvalue weighted by atomic mass is 9.72. The minimum absolute atomic E-state index is 0.483. The van der Waals surface area contributed by atoms with Crippen LogP contribution in [0.2, 0.25) is 0 Å². The first-order valence-electron chi connectivity index (χ1n) is 15.3. The van der Waals surface area contributed by atoms with Crippen molar-refractivity contribution in [1.29, 1.82) is 0 Å². The number of benzene rings is 3. The van der Waals surface area contributed by atoms with E-state index in [1.807, 2.05) is 0 Å². The van der Waals surface area contributed by atoms with Gasteiger partial charge in [0.15, 0.2) is 5.82 Å². The van der Waals surface area contributed by atoms with Crippen molar-refractivity contribution in [2.75, 3.05) is 0 Å². The zero-order valence-electron chi connectivity index (χ0n) is 23.3. The van der Waals surface area contributed by atoms with Crippen LogP contribution in [0.5, 0.6) is 0 Å². The molecule has 3 aliphatic rings. The second-order valence-electron chi connectivity index (χ2n) is 12.0. The van der Waals surface area contributed by atoms with Crippen LogP contribution in [0.1, 0.15) is 67.7 Å². The second-order valence-corrected chi connectivity index (χ2v) is 12.0. The van der Waals surface area contributed by atoms with E-state index in [0.717, 1.165) is 28.6 Å². The summed E-state index contributed by atoms with van der Waals surface area (Å²) in [5.74, 6) is 2.72. The third-order valence-electron chi connectivity index (χ3n) is 9.39. The van der Waals surface area contributed by atoms with Crippen molar-refractivity contribution in [3.63, 3.8) is 0 Å². The molecular weight excluding hydrogens is 484 g/mol. The zero-order chi connectivity index (χ0) is 26.7. The fraction of sp³-hybridized carbons (Fsp3) is 0.316. The summed E-state index contributed by atoms with van der Waals surface area (Å²) in [6.45, 7) is 0. The molecule has 1 saturated carbocycles. The second kappa shape index (κ2) is 11.4. The highest BCUT2D eigenvalue weighted by Crippen LogP contribution is 2.42. The molecule has 1 fully saturated rings. The highest BCUT2D eigenvalue weighted by Gasteiger charge is 2.29. The number of aromatic nitrogens is 2. The molecule has 0 spiro atoms. The monoisotopic (exact) mass is 522 g/mol. The van der Waals surface area contributed by atoms with Gasteiger partial charge in [-0.2, -0.15) is 0 Å². The molecule has 2 nitrogen and oxygen atoms in total. The SMILES string of the molecule is C1=CCC(C2CCCC(c3cc(-c4ccccc4)nc(-c4ccc(-c5ccc6c(c5)CCCC6)cc4)n3)C2)C=C1. The van der Waals surface area contributed by atoms with Crippen LogP contribution >= 0.6 is 0 Å². The average molecular weight is 523 g/mol. The van der Waals surface area contributed by atoms with Crippen LogP contribution in [0.4, 0.5) is 0 Å². The summed E-state index contributed by atoms with van der Waals surface area (Å²) in [5.41, 5.74) is 10.1. The van der Waals surface area contributed by atoms with Gasteiger partial charge >= 0.3 is 0 Å². The minimum atomic E-state index is 0.483. The van der Waals surface area contributed by atoms with Crippen molar-refractivity contribution in [2.45, 2.75) is 63.7 Å². The Morgan fingerprint density at radius 3 is 2.25 bits per heavy atom. The predicted octanol–water partition coefficient (Wildman–Crippen LogP) is 9.76. The van der Waals surface area contributed by atoms with Gasteiger partial charge in [-0.05, 0) is 91.5 Å². The fourth-order valence-corrected chi connectivity index (χ4v) is 7.12. The van der Waals surface area contributed by atoms with E-state index in [1.165, 1.54) is 85.7 Å². The van der Waals surface area contributed by atoms with E-state index in [1.54, 1.807) is 0 Å². The Morgan fingerprint density at radius 1 is 0.625 bits per heavy atom. The molecule has 4 aromatic rings. The van der Waals surface area contributed by atoms with Crippen molar-refractivity contribution in [1.82, 2.24) is 9.97 Å². The molecule has 200 valence electrons. The highest BCUT2D eigenvalue weighted by molar-refractivity contribution is 5.70. The van der Waals surface area contributed by atoms with Gasteiger partial charge in [0.25, 0.3) is 0 Å². The molecule has 1 aromatic heterocycles. The zero-order valence-corrected chi connectivity index (χ0v) is 23.3. The summed E-state index contributed by atoms with van der Waals surface area (Å²) in [6, 6.07) is 28.8. The summed E-state index contributed by atoms with van der Waals surface area (Å²) < 4.78 is 0. The molecule has 0 amide bonds. The molecule has 3 aliphatic carbocycles. The molecule has 0 radical (unpaired) electrons. The quantitative estimate of drug-likeness (QED) is 0.261. The molecule has 0 saturated heterocycles. The molecule has 3 aromatic carbocycles. The molecule has 0 N–H and O–H groups in total. The maximum Gasteiger partial charge on any atom is 0.160 e. The Kier molecular flexibility index (Phi) is 7.17. The molecule has 1 heterocycles. The van der Waals surface area contributed by atoms with E-state index in [0.29, 0.717) is 11.8 Å². The van der Waals surface area contributed by atoms with Crippen LogP contribution in [-0.4, -0.2) is 9.97 Å². The molecule has 3 atom stereocenters. The third-order valence-corrected chi connectivity index (χ3v) is 9.39. The number of rotatable bonds is 5. The van der Waals surface area contributed by atoms with Gasteiger partial charge < -0.3 is 0 Å². The number of fused-ring (bicyclic) bond motifs is 1. The number of aryl methyl sites for hydroxylation is 2. The number of allylic oxidation sites excluding steroid dienone is 4. The molecule has 2 heteroatoms. The van der Waals surface area contributed by atoms with E-state index >= 15 is 0 Å². The summed E-state index contributed by atoms with van der Waals surface area (Å²) in [5, 5.41) is 0. The van der Waals surface area contributed by atoms with Crippen LogP contribution in [0.25, 0.3) is 33.8 Å². The van der Waals surface area contributed by atoms with Crippen molar-refractivity contribution in [3.8, 4) is 33.8 Å². The number of nitrogens with zero attached hydrogens (tertiary/aromatic N) is 2. The number of hydrogen-bond donors (Lipinski definition) is 0. The number of hydrogen-bond acceptors (Lipinski definition) is 2. The van der Waals surface area contributed by atoms with Gasteiger partial charge in [-0.25, -0.2) is 9.97 Å². The van der Waals surface area contributed by atoms with Gasteiger partial charge in [0.05, 0.1) is 5.69 Å². The molecule has 40 heavy (non-hydrogen) atoms. The highest BCUT2D eigenvalue weighted by atomic mass is 14.9. The molecular formula is C38H38N2. The lowest BCUT2D eigenvalue weighted by Crippen LogP contribution is -2.22. The average Bonchev–Trinajstić information content (AvgIpc) is 3.05. The minimum Gasteiger partial charge on any atom is -0.233 e. The van der Waals surface area contributed by atoms with Gasteiger partial charge in [0.2, 0.25) is 0 Å². The van der Waals surface area contributed by atoms with E-state index in [2.05, 4.69) is 103 Å². The topological polar surface area (TPSA) is 25.8 Å².